The second-order valence-electron chi connectivity index (χ2n) is 10.8. The molecule has 27 heavy (non-hydrogen) atoms. The first-order valence-corrected chi connectivity index (χ1v) is 11.6. The van der Waals surface area contributed by atoms with Crippen molar-refractivity contribution in [2.24, 2.45) is 23.2 Å². The molecule has 2 heteroatoms. The first kappa shape index (κ1) is 26.6. The predicted octanol–water partition coefficient (Wildman–Crippen LogP) is 7.36. The first-order chi connectivity index (χ1) is 12.3. The Bertz CT molecular complexity index is 417. The lowest BCUT2D eigenvalue weighted by Crippen LogP contribution is -2.49. The summed E-state index contributed by atoms with van der Waals surface area (Å²) in [5.41, 5.74) is 0.409. The monoisotopic (exact) mass is 381 g/mol. The summed E-state index contributed by atoms with van der Waals surface area (Å²) in [6, 6.07) is 0.607. The van der Waals surface area contributed by atoms with E-state index in [1.165, 1.54) is 12.8 Å². The summed E-state index contributed by atoms with van der Waals surface area (Å²) >= 11 is 0. The van der Waals surface area contributed by atoms with Crippen molar-refractivity contribution >= 4 is 5.78 Å². The largest absolute Gasteiger partial charge is 0.299 e. The Kier molecular flexibility index (Phi) is 11.4. The third kappa shape index (κ3) is 9.11. The van der Waals surface area contributed by atoms with Gasteiger partial charge in [0.15, 0.2) is 0 Å². The summed E-state index contributed by atoms with van der Waals surface area (Å²) in [5.74, 6) is 1.63. The average Bonchev–Trinajstić information content (AvgIpc) is 2.56. The Balaban J connectivity index is 5.03. The normalized spacial score (nSPS) is 16.6. The molecule has 0 spiro atoms. The maximum absolute atomic E-state index is 12.9. The van der Waals surface area contributed by atoms with Crippen LogP contribution in [-0.4, -0.2) is 28.8 Å². The fourth-order valence-electron chi connectivity index (χ4n) is 4.90. The fourth-order valence-corrected chi connectivity index (χ4v) is 4.90. The lowest BCUT2D eigenvalue weighted by molar-refractivity contribution is -0.128. The third-order valence-corrected chi connectivity index (χ3v) is 6.48. The summed E-state index contributed by atoms with van der Waals surface area (Å²) in [4.78, 5) is 15.6. The average molecular weight is 382 g/mol. The lowest BCUT2D eigenvalue weighted by atomic mass is 9.72. The van der Waals surface area contributed by atoms with Gasteiger partial charge in [-0.05, 0) is 77.6 Å². The van der Waals surface area contributed by atoms with Crippen LogP contribution in [0.5, 0.6) is 0 Å². The minimum Gasteiger partial charge on any atom is -0.299 e. The number of hydrogen-bond donors (Lipinski definition) is 0. The van der Waals surface area contributed by atoms with E-state index in [2.05, 4.69) is 81.1 Å². The molecule has 0 N–H and O–H groups in total. The molecule has 3 atom stereocenters. The van der Waals surface area contributed by atoms with Gasteiger partial charge in [0.2, 0.25) is 0 Å². The highest BCUT2D eigenvalue weighted by atomic mass is 16.1. The van der Waals surface area contributed by atoms with E-state index in [0.29, 0.717) is 17.7 Å². The number of hydrogen-bond acceptors (Lipinski definition) is 2. The van der Waals surface area contributed by atoms with Crippen molar-refractivity contribution in [1.82, 2.24) is 4.90 Å². The molecule has 0 aliphatic carbocycles. The number of nitrogens with zero attached hydrogens (tertiary/aromatic N) is 1. The first-order valence-electron chi connectivity index (χ1n) is 11.6. The Morgan fingerprint density at radius 2 is 1.26 bits per heavy atom. The molecule has 0 amide bonds. The van der Waals surface area contributed by atoms with Crippen LogP contribution >= 0.6 is 0 Å². The molecular formula is C25H51NO. The zero-order chi connectivity index (χ0) is 21.4. The molecule has 0 fully saturated rings. The van der Waals surface area contributed by atoms with Gasteiger partial charge < -0.3 is 0 Å². The highest BCUT2D eigenvalue weighted by Gasteiger charge is 2.32. The summed E-state index contributed by atoms with van der Waals surface area (Å²) < 4.78 is 0. The quantitative estimate of drug-likeness (QED) is 0.332. The summed E-state index contributed by atoms with van der Waals surface area (Å²) in [6.07, 6.45) is 6.35. The van der Waals surface area contributed by atoms with Gasteiger partial charge in [-0.1, -0.05) is 48.5 Å². The van der Waals surface area contributed by atoms with Crippen molar-refractivity contribution in [1.29, 1.82) is 0 Å². The van der Waals surface area contributed by atoms with Crippen LogP contribution in [0.25, 0.3) is 0 Å². The van der Waals surface area contributed by atoms with Crippen molar-refractivity contribution in [2.75, 3.05) is 6.54 Å². The van der Waals surface area contributed by atoms with Crippen molar-refractivity contribution in [2.45, 2.75) is 126 Å². The summed E-state index contributed by atoms with van der Waals surface area (Å²) in [7, 11) is 0. The summed E-state index contributed by atoms with van der Waals surface area (Å²) in [6.45, 7) is 26.4. The maximum Gasteiger partial charge on any atom is 0.139 e. The topological polar surface area (TPSA) is 20.3 Å². The Morgan fingerprint density at radius 1 is 0.778 bits per heavy atom. The van der Waals surface area contributed by atoms with E-state index in [-0.39, 0.29) is 22.8 Å². The molecule has 0 rings (SSSR count). The lowest BCUT2D eigenvalue weighted by Gasteiger charge is -2.43. The molecule has 0 aromatic rings. The third-order valence-electron chi connectivity index (χ3n) is 6.48. The number of carbonyl (C=O) groups excluding carboxylic acids is 1. The Hall–Kier alpha value is -0.370. The van der Waals surface area contributed by atoms with E-state index < -0.39 is 0 Å². The van der Waals surface area contributed by atoms with Gasteiger partial charge in [0.1, 0.15) is 5.78 Å². The molecule has 0 saturated carbocycles. The smallest absolute Gasteiger partial charge is 0.139 e. The van der Waals surface area contributed by atoms with Crippen LogP contribution in [0.4, 0.5) is 0 Å². The minimum atomic E-state index is 0.200. The standard InChI is InChI=1S/C25H51NO/c1-12-20(6)26(24(7,8)9)18-19(5)16-25(10,11)17-22(15-4)23(27)21(13-2)14-3/h19-22H,12-18H2,1-11H3. The number of ketones is 1. The van der Waals surface area contributed by atoms with Crippen LogP contribution in [0.15, 0.2) is 0 Å². The van der Waals surface area contributed by atoms with Gasteiger partial charge in [-0.3, -0.25) is 9.69 Å². The minimum absolute atomic E-state index is 0.200. The number of rotatable bonds is 13. The number of Topliss-reactive ketones (excluding diaryl/α,β-unsaturated/α-hetero) is 1. The van der Waals surface area contributed by atoms with Crippen LogP contribution in [0.3, 0.4) is 0 Å². The molecule has 0 aromatic carbocycles. The van der Waals surface area contributed by atoms with Crippen molar-refractivity contribution in [3.05, 3.63) is 0 Å². The van der Waals surface area contributed by atoms with Gasteiger partial charge in [0.05, 0.1) is 0 Å². The SMILES string of the molecule is CCC(CC)C(=O)C(CC)CC(C)(C)CC(C)CN(C(C)CC)C(C)(C)C. The van der Waals surface area contributed by atoms with Crippen molar-refractivity contribution in [3.8, 4) is 0 Å². The van der Waals surface area contributed by atoms with Gasteiger partial charge in [-0.25, -0.2) is 0 Å². The van der Waals surface area contributed by atoms with E-state index in [4.69, 9.17) is 0 Å². The van der Waals surface area contributed by atoms with Gasteiger partial charge in [-0.15, -0.1) is 0 Å². The molecule has 0 heterocycles. The zero-order valence-electron chi connectivity index (χ0n) is 20.6. The molecule has 0 saturated heterocycles. The van der Waals surface area contributed by atoms with Crippen LogP contribution in [-0.2, 0) is 4.79 Å². The zero-order valence-corrected chi connectivity index (χ0v) is 20.6. The van der Waals surface area contributed by atoms with Gasteiger partial charge in [0, 0.05) is 30.0 Å². The second kappa shape index (κ2) is 11.6. The number of carbonyl (C=O) groups is 1. The van der Waals surface area contributed by atoms with Crippen molar-refractivity contribution < 1.29 is 4.79 Å². The molecule has 0 aliphatic rings. The van der Waals surface area contributed by atoms with Crippen LogP contribution in [0.2, 0.25) is 0 Å². The fraction of sp³-hybridized carbons (Fsp3) is 0.960. The van der Waals surface area contributed by atoms with Crippen LogP contribution < -0.4 is 0 Å². The Morgan fingerprint density at radius 3 is 1.63 bits per heavy atom. The molecule has 2 nitrogen and oxygen atoms in total. The molecule has 0 aromatic heterocycles. The predicted molar refractivity (Wildman–Crippen MR) is 121 cm³/mol. The van der Waals surface area contributed by atoms with Crippen LogP contribution in [0.1, 0.15) is 115 Å². The van der Waals surface area contributed by atoms with Gasteiger partial charge >= 0.3 is 0 Å². The van der Waals surface area contributed by atoms with Crippen molar-refractivity contribution in [3.63, 3.8) is 0 Å². The molecule has 0 aliphatic heterocycles. The van der Waals surface area contributed by atoms with E-state index in [1.54, 1.807) is 0 Å². The van der Waals surface area contributed by atoms with E-state index in [0.717, 1.165) is 32.2 Å². The van der Waals surface area contributed by atoms with E-state index >= 15 is 0 Å². The molecule has 3 unspecified atom stereocenters. The molecule has 0 radical (unpaired) electrons. The van der Waals surface area contributed by atoms with Gasteiger partial charge in [0.25, 0.3) is 0 Å². The maximum atomic E-state index is 12.9. The summed E-state index contributed by atoms with van der Waals surface area (Å²) in [5, 5.41) is 0. The highest BCUT2D eigenvalue weighted by molar-refractivity contribution is 5.83. The molecule has 0 bridgehead atoms. The van der Waals surface area contributed by atoms with Gasteiger partial charge in [-0.2, -0.15) is 0 Å². The highest BCUT2D eigenvalue weighted by Crippen LogP contribution is 2.36. The van der Waals surface area contributed by atoms with E-state index in [1.807, 2.05) is 0 Å². The van der Waals surface area contributed by atoms with Crippen LogP contribution in [0, 0.1) is 23.2 Å². The molecular weight excluding hydrogens is 330 g/mol. The Labute approximate surface area is 171 Å². The molecule has 162 valence electrons. The second-order valence-corrected chi connectivity index (χ2v) is 10.8. The van der Waals surface area contributed by atoms with E-state index in [9.17, 15) is 4.79 Å².